The molecule has 1 saturated heterocycles. The van der Waals surface area contributed by atoms with Crippen LogP contribution in [0, 0.1) is 0 Å². The Morgan fingerprint density at radius 3 is 1.68 bits per heavy atom. The van der Waals surface area contributed by atoms with E-state index in [9.17, 15) is 0 Å². The zero-order valence-corrected chi connectivity index (χ0v) is 25.5. The maximum atomic E-state index is 4.94. The molecule has 0 amide bonds. The molecule has 11 heteroatoms. The molecule has 34 heavy (non-hydrogen) atoms. The monoisotopic (exact) mass is 684 g/mol. The van der Waals surface area contributed by atoms with E-state index in [1.807, 2.05) is 12.1 Å². The summed E-state index contributed by atoms with van der Waals surface area (Å²) in [6.07, 6.45) is 19.9. The SMILES string of the molecule is C1CCOC1.CCCC[n+]1ccn(-c2cccc(-n3cc[n+](CCCC)c3)n2)c1.[Br-].[Br-].[Cl][Co+][Cl]. The van der Waals surface area contributed by atoms with Gasteiger partial charge < -0.3 is 38.7 Å². The first-order valence-corrected chi connectivity index (χ1v) is 14.1. The summed E-state index contributed by atoms with van der Waals surface area (Å²) in [5.41, 5.74) is 0. The molecule has 0 saturated carbocycles. The molecular weight excluding hydrogens is 652 g/mol. The Morgan fingerprint density at radius 2 is 1.32 bits per heavy atom. The van der Waals surface area contributed by atoms with E-state index in [2.05, 4.69) is 75.6 Å². The van der Waals surface area contributed by atoms with Crippen LogP contribution in [0.2, 0.25) is 0 Å². The minimum atomic E-state index is 0. The van der Waals surface area contributed by atoms with Crippen molar-refractivity contribution < 1.29 is 60.7 Å². The Bertz CT molecular complexity index is 825. The molecule has 6 nitrogen and oxygen atoms in total. The predicted octanol–water partition coefficient (Wildman–Crippen LogP) is -0.980. The number of aryl methyl sites for hydroxylation is 2. The number of imidazole rings is 2. The van der Waals surface area contributed by atoms with E-state index in [0.29, 0.717) is 12.9 Å². The molecule has 0 bridgehead atoms. The van der Waals surface area contributed by atoms with Gasteiger partial charge in [0.2, 0.25) is 24.3 Å². The summed E-state index contributed by atoms with van der Waals surface area (Å²) < 4.78 is 13.5. The Balaban J connectivity index is 0.000000936. The predicted molar refractivity (Wildman–Crippen MR) is 125 cm³/mol. The molecule has 1 fully saturated rings. The number of halogens is 4. The third-order valence-electron chi connectivity index (χ3n) is 5.00. The molecule has 194 valence electrons. The first-order valence-electron chi connectivity index (χ1n) is 11.2. The molecule has 4 rings (SSSR count). The zero-order valence-electron chi connectivity index (χ0n) is 19.8. The van der Waals surface area contributed by atoms with Crippen LogP contribution in [0.5, 0.6) is 0 Å². The van der Waals surface area contributed by atoms with Gasteiger partial charge in [-0.1, -0.05) is 32.8 Å². The third kappa shape index (κ3) is 12.5. The minimum absolute atomic E-state index is 0. The van der Waals surface area contributed by atoms with Crippen molar-refractivity contribution >= 4 is 20.3 Å². The van der Waals surface area contributed by atoms with E-state index in [0.717, 1.165) is 37.9 Å². The first-order chi connectivity index (χ1) is 15.7. The molecular formula is C23H35Br2Cl2CoN5O+. The van der Waals surface area contributed by atoms with Gasteiger partial charge in [0.1, 0.15) is 24.8 Å². The van der Waals surface area contributed by atoms with Crippen molar-refractivity contribution in [2.75, 3.05) is 13.2 Å². The van der Waals surface area contributed by atoms with E-state index >= 15 is 0 Å². The second-order valence-electron chi connectivity index (χ2n) is 7.55. The first kappa shape index (κ1) is 33.6. The quantitative estimate of drug-likeness (QED) is 0.286. The number of unbranched alkanes of at least 4 members (excludes halogenated alkanes) is 2. The van der Waals surface area contributed by atoms with E-state index < -0.39 is 0 Å². The molecule has 1 aliphatic rings. The molecule has 0 spiro atoms. The van der Waals surface area contributed by atoms with Crippen molar-refractivity contribution in [1.29, 1.82) is 0 Å². The number of aromatic nitrogens is 5. The van der Waals surface area contributed by atoms with Crippen molar-refractivity contribution in [3.05, 3.63) is 55.6 Å². The van der Waals surface area contributed by atoms with Gasteiger partial charge in [-0.25, -0.2) is 9.13 Å². The van der Waals surface area contributed by atoms with E-state index in [1.165, 1.54) is 38.5 Å². The van der Waals surface area contributed by atoms with Gasteiger partial charge in [0, 0.05) is 25.3 Å². The van der Waals surface area contributed by atoms with Crippen molar-refractivity contribution in [2.45, 2.75) is 65.5 Å². The van der Waals surface area contributed by atoms with E-state index in [4.69, 9.17) is 30.0 Å². The Kier molecular flexibility index (Phi) is 20.5. The normalized spacial score (nSPS) is 12.0. The van der Waals surface area contributed by atoms with Gasteiger partial charge >= 0.3 is 33.2 Å². The van der Waals surface area contributed by atoms with E-state index in [-0.39, 0.29) is 34.0 Å². The Morgan fingerprint density at radius 1 is 0.882 bits per heavy atom. The summed E-state index contributed by atoms with van der Waals surface area (Å²) in [4.78, 5) is 4.80. The zero-order chi connectivity index (χ0) is 23.0. The Labute approximate surface area is 239 Å². The van der Waals surface area contributed by atoms with Crippen LogP contribution in [-0.2, 0) is 30.7 Å². The van der Waals surface area contributed by atoms with Crippen LogP contribution in [0.1, 0.15) is 52.4 Å². The average Bonchev–Trinajstić information content (AvgIpc) is 3.60. The summed E-state index contributed by atoms with van der Waals surface area (Å²) in [6.45, 7) is 8.54. The second-order valence-corrected chi connectivity index (χ2v) is 9.27. The van der Waals surface area contributed by atoms with Gasteiger partial charge in [-0.2, -0.15) is 14.1 Å². The molecule has 0 radical (unpaired) electrons. The van der Waals surface area contributed by atoms with Crippen molar-refractivity contribution in [2.24, 2.45) is 0 Å². The fourth-order valence-corrected chi connectivity index (χ4v) is 3.22. The third-order valence-corrected chi connectivity index (χ3v) is 5.00. The summed E-state index contributed by atoms with van der Waals surface area (Å²) in [5.74, 6) is 1.88. The van der Waals surface area contributed by atoms with Crippen molar-refractivity contribution in [3.8, 4) is 11.6 Å². The molecule has 0 aliphatic carbocycles. The fraction of sp³-hybridized carbons (Fsp3) is 0.522. The molecule has 0 aromatic carbocycles. The topological polar surface area (TPSA) is 39.7 Å². The van der Waals surface area contributed by atoms with Gasteiger partial charge in [-0.15, -0.1) is 0 Å². The molecule has 0 atom stereocenters. The van der Waals surface area contributed by atoms with E-state index in [1.54, 1.807) is 0 Å². The molecule has 1 aliphatic heterocycles. The van der Waals surface area contributed by atoms with Crippen LogP contribution >= 0.6 is 20.3 Å². The number of pyridine rings is 1. The maximum absolute atomic E-state index is 4.94. The number of nitrogens with zero attached hydrogens (tertiary/aromatic N) is 5. The number of hydrogen-bond donors (Lipinski definition) is 0. The van der Waals surface area contributed by atoms with Crippen LogP contribution in [0.25, 0.3) is 11.6 Å². The molecule has 0 N–H and O–H groups in total. The average molecular weight is 687 g/mol. The molecule has 3 aromatic rings. The Hall–Kier alpha value is -0.424. The second kappa shape index (κ2) is 20.7. The van der Waals surface area contributed by atoms with Gasteiger partial charge in [0.25, 0.3) is 0 Å². The number of hydrogen-bond acceptors (Lipinski definition) is 2. The van der Waals surface area contributed by atoms with Gasteiger partial charge in [0.15, 0.2) is 0 Å². The van der Waals surface area contributed by atoms with Crippen molar-refractivity contribution in [1.82, 2.24) is 14.1 Å². The van der Waals surface area contributed by atoms with Crippen molar-refractivity contribution in [3.63, 3.8) is 0 Å². The number of ether oxygens (including phenoxy) is 1. The van der Waals surface area contributed by atoms with Crippen LogP contribution in [0.4, 0.5) is 0 Å². The molecule has 3 aromatic heterocycles. The van der Waals surface area contributed by atoms with Gasteiger partial charge in [0.05, 0.1) is 13.1 Å². The van der Waals surface area contributed by atoms with Gasteiger partial charge in [-0.3, -0.25) is 0 Å². The van der Waals surface area contributed by atoms with Crippen LogP contribution < -0.4 is 43.1 Å². The summed E-state index contributed by atoms with van der Waals surface area (Å²) in [7, 11) is 9.47. The molecule has 0 unspecified atom stereocenters. The standard InChI is InChI=1S/C19H27N5.C4H8O.2BrH.2ClH.Co/c1-3-5-10-21-12-14-23(16-21)18-8-7-9-19(20-18)24-15-13-22(17-24)11-6-4-2;1-2-4-5-3-1;;;;;/h7-9,12-17H,3-6,10-11H2,1-2H3;1-4H2;4*1H;/q+2;;;;;;+3/p-4. The summed E-state index contributed by atoms with van der Waals surface area (Å²) >= 11 is 0.382. The number of rotatable bonds is 8. The van der Waals surface area contributed by atoms with Gasteiger partial charge in [-0.05, 0) is 25.7 Å². The van der Waals surface area contributed by atoms with Crippen LogP contribution in [-0.4, -0.2) is 27.3 Å². The summed E-state index contributed by atoms with van der Waals surface area (Å²) in [5, 5.41) is 0. The molecule has 4 heterocycles. The van der Waals surface area contributed by atoms with Crippen LogP contribution in [0.3, 0.4) is 0 Å². The van der Waals surface area contributed by atoms with Crippen LogP contribution in [0.15, 0.2) is 55.6 Å². The summed E-state index contributed by atoms with van der Waals surface area (Å²) in [6, 6.07) is 6.15. The fourth-order valence-electron chi connectivity index (χ4n) is 3.22.